The Morgan fingerprint density at radius 2 is 2.00 bits per heavy atom. The molecule has 0 unspecified atom stereocenters. The SMILES string of the molecule is CN(C)C(=O)c1cc2cc(F)ccc2oc1=O. The van der Waals surface area contributed by atoms with Crippen molar-refractivity contribution in [3.05, 3.63) is 46.1 Å². The van der Waals surface area contributed by atoms with Crippen LogP contribution in [0.15, 0.2) is 33.5 Å². The molecule has 1 amide bonds. The molecule has 0 N–H and O–H groups in total. The minimum atomic E-state index is -0.720. The number of nitrogens with zero attached hydrogens (tertiary/aromatic N) is 1. The lowest BCUT2D eigenvalue weighted by Crippen LogP contribution is -2.27. The molecule has 88 valence electrons. The summed E-state index contributed by atoms with van der Waals surface area (Å²) in [5.41, 5.74) is -0.567. The van der Waals surface area contributed by atoms with E-state index < -0.39 is 17.3 Å². The quantitative estimate of drug-likeness (QED) is 0.706. The zero-order chi connectivity index (χ0) is 12.6. The highest BCUT2D eigenvalue weighted by molar-refractivity contribution is 5.96. The van der Waals surface area contributed by atoms with Crippen molar-refractivity contribution in [3.8, 4) is 0 Å². The summed E-state index contributed by atoms with van der Waals surface area (Å²) < 4.78 is 18.0. The van der Waals surface area contributed by atoms with Gasteiger partial charge in [-0.2, -0.15) is 0 Å². The van der Waals surface area contributed by atoms with Crippen LogP contribution < -0.4 is 5.63 Å². The molecule has 17 heavy (non-hydrogen) atoms. The van der Waals surface area contributed by atoms with Gasteiger partial charge in [0.25, 0.3) is 5.91 Å². The number of fused-ring (bicyclic) bond motifs is 1. The lowest BCUT2D eigenvalue weighted by atomic mass is 10.1. The highest BCUT2D eigenvalue weighted by Gasteiger charge is 2.15. The van der Waals surface area contributed by atoms with Gasteiger partial charge in [-0.3, -0.25) is 4.79 Å². The topological polar surface area (TPSA) is 50.5 Å². The summed E-state index contributed by atoms with van der Waals surface area (Å²) >= 11 is 0. The molecule has 2 aromatic rings. The summed E-state index contributed by atoms with van der Waals surface area (Å²) in [7, 11) is 3.05. The summed E-state index contributed by atoms with van der Waals surface area (Å²) in [6, 6.07) is 5.10. The van der Waals surface area contributed by atoms with Crippen molar-refractivity contribution in [2.45, 2.75) is 0 Å². The molecule has 0 spiro atoms. The van der Waals surface area contributed by atoms with Crippen LogP contribution in [0.2, 0.25) is 0 Å². The Morgan fingerprint density at radius 3 is 2.65 bits per heavy atom. The molecule has 1 heterocycles. The number of rotatable bonds is 1. The molecule has 0 atom stereocenters. The molecule has 0 aliphatic carbocycles. The number of benzene rings is 1. The highest BCUT2D eigenvalue weighted by atomic mass is 19.1. The second-order valence-corrected chi connectivity index (χ2v) is 3.83. The lowest BCUT2D eigenvalue weighted by Gasteiger charge is -2.09. The largest absolute Gasteiger partial charge is 0.422 e. The van der Waals surface area contributed by atoms with E-state index in [-0.39, 0.29) is 11.1 Å². The molecule has 0 saturated heterocycles. The van der Waals surface area contributed by atoms with Crippen LogP contribution in [0.3, 0.4) is 0 Å². The molecule has 2 rings (SSSR count). The van der Waals surface area contributed by atoms with E-state index in [0.29, 0.717) is 5.39 Å². The zero-order valence-corrected chi connectivity index (χ0v) is 9.36. The monoisotopic (exact) mass is 235 g/mol. The van der Waals surface area contributed by atoms with Crippen LogP contribution in [0.4, 0.5) is 4.39 Å². The first kappa shape index (κ1) is 11.3. The number of amides is 1. The standard InChI is InChI=1S/C12H10FNO3/c1-14(2)11(15)9-6-7-5-8(13)3-4-10(7)17-12(9)16/h3-6H,1-2H3. The van der Waals surface area contributed by atoms with E-state index >= 15 is 0 Å². The molecule has 0 radical (unpaired) electrons. The third-order valence-corrected chi connectivity index (χ3v) is 2.33. The lowest BCUT2D eigenvalue weighted by molar-refractivity contribution is 0.0823. The molecular weight excluding hydrogens is 225 g/mol. The Balaban J connectivity index is 2.70. The van der Waals surface area contributed by atoms with E-state index in [4.69, 9.17) is 4.42 Å². The van der Waals surface area contributed by atoms with Crippen molar-refractivity contribution in [1.29, 1.82) is 0 Å². The van der Waals surface area contributed by atoms with Crippen LogP contribution in [0.1, 0.15) is 10.4 Å². The van der Waals surface area contributed by atoms with Gasteiger partial charge in [0.2, 0.25) is 0 Å². The second kappa shape index (κ2) is 4.01. The fourth-order valence-corrected chi connectivity index (χ4v) is 1.48. The summed E-state index contributed by atoms with van der Waals surface area (Å²) in [4.78, 5) is 24.5. The van der Waals surface area contributed by atoms with Crippen molar-refractivity contribution in [1.82, 2.24) is 4.90 Å². The van der Waals surface area contributed by atoms with Gasteiger partial charge in [-0.1, -0.05) is 0 Å². The maximum Gasteiger partial charge on any atom is 0.349 e. The van der Waals surface area contributed by atoms with Crippen LogP contribution in [-0.2, 0) is 0 Å². The van der Waals surface area contributed by atoms with Crippen LogP contribution in [0, 0.1) is 5.82 Å². The van der Waals surface area contributed by atoms with Gasteiger partial charge >= 0.3 is 5.63 Å². The third-order valence-electron chi connectivity index (χ3n) is 2.33. The molecule has 5 heteroatoms. The first-order valence-corrected chi connectivity index (χ1v) is 4.94. The normalized spacial score (nSPS) is 10.5. The molecule has 1 aromatic heterocycles. The van der Waals surface area contributed by atoms with E-state index in [1.807, 2.05) is 0 Å². The van der Waals surface area contributed by atoms with E-state index in [1.54, 1.807) is 0 Å². The molecule has 0 fully saturated rings. The van der Waals surface area contributed by atoms with Crippen LogP contribution in [0.25, 0.3) is 11.0 Å². The summed E-state index contributed by atoms with van der Waals surface area (Å²) in [6.07, 6.45) is 0. The first-order valence-electron chi connectivity index (χ1n) is 4.94. The van der Waals surface area contributed by atoms with Gasteiger partial charge in [0.1, 0.15) is 17.0 Å². The Labute approximate surface area is 96.3 Å². The maximum atomic E-state index is 13.0. The van der Waals surface area contributed by atoms with Crippen LogP contribution in [-0.4, -0.2) is 24.9 Å². The summed E-state index contributed by atoms with van der Waals surface area (Å²) in [5, 5.41) is 0.384. The van der Waals surface area contributed by atoms with Crippen molar-refractivity contribution < 1.29 is 13.6 Å². The number of carbonyl (C=O) groups excluding carboxylic acids is 1. The average molecular weight is 235 g/mol. The van der Waals surface area contributed by atoms with Gasteiger partial charge in [-0.25, -0.2) is 9.18 Å². The van der Waals surface area contributed by atoms with Crippen molar-refractivity contribution in [2.24, 2.45) is 0 Å². The molecule has 0 bridgehead atoms. The van der Waals surface area contributed by atoms with E-state index in [0.717, 1.165) is 0 Å². The van der Waals surface area contributed by atoms with Crippen LogP contribution in [0.5, 0.6) is 0 Å². The van der Waals surface area contributed by atoms with Crippen molar-refractivity contribution >= 4 is 16.9 Å². The fourth-order valence-electron chi connectivity index (χ4n) is 1.48. The Hall–Kier alpha value is -2.17. The van der Waals surface area contributed by atoms with E-state index in [1.165, 1.54) is 43.3 Å². The summed E-state index contributed by atoms with van der Waals surface area (Å²) in [6.45, 7) is 0. The van der Waals surface area contributed by atoms with Crippen LogP contribution >= 0.6 is 0 Å². The number of hydrogen-bond donors (Lipinski definition) is 0. The minimum absolute atomic E-state index is 0.104. The van der Waals surface area contributed by atoms with Gasteiger partial charge in [0.05, 0.1) is 0 Å². The van der Waals surface area contributed by atoms with Crippen molar-refractivity contribution in [2.75, 3.05) is 14.1 Å². The number of halogens is 1. The molecule has 4 nitrogen and oxygen atoms in total. The molecule has 0 aliphatic rings. The van der Waals surface area contributed by atoms with Gasteiger partial charge in [-0.15, -0.1) is 0 Å². The van der Waals surface area contributed by atoms with Gasteiger partial charge in [0.15, 0.2) is 0 Å². The Morgan fingerprint density at radius 1 is 1.29 bits per heavy atom. The van der Waals surface area contributed by atoms with E-state index in [2.05, 4.69) is 0 Å². The third kappa shape index (κ3) is 2.04. The van der Waals surface area contributed by atoms with Gasteiger partial charge in [-0.05, 0) is 24.3 Å². The molecular formula is C12H10FNO3. The highest BCUT2D eigenvalue weighted by Crippen LogP contribution is 2.15. The second-order valence-electron chi connectivity index (χ2n) is 3.83. The van der Waals surface area contributed by atoms with E-state index in [9.17, 15) is 14.0 Å². The Kier molecular flexibility index (Phi) is 2.67. The smallest absolute Gasteiger partial charge is 0.349 e. The minimum Gasteiger partial charge on any atom is -0.422 e. The zero-order valence-electron chi connectivity index (χ0n) is 9.36. The molecule has 0 saturated carbocycles. The fraction of sp³-hybridized carbons (Fsp3) is 0.167. The predicted octanol–water partition coefficient (Wildman–Crippen LogP) is 1.63. The molecule has 1 aromatic carbocycles. The number of carbonyl (C=O) groups is 1. The van der Waals surface area contributed by atoms with Gasteiger partial charge in [0, 0.05) is 19.5 Å². The maximum absolute atomic E-state index is 13.0. The van der Waals surface area contributed by atoms with Crippen molar-refractivity contribution in [3.63, 3.8) is 0 Å². The molecule has 0 aliphatic heterocycles. The Bertz CT molecular complexity index is 646. The van der Waals surface area contributed by atoms with Gasteiger partial charge < -0.3 is 9.32 Å². The average Bonchev–Trinajstić information content (AvgIpc) is 2.27. The first-order chi connectivity index (χ1) is 7.99. The number of hydrogen-bond acceptors (Lipinski definition) is 3. The predicted molar refractivity (Wildman–Crippen MR) is 60.5 cm³/mol. The summed E-state index contributed by atoms with van der Waals surface area (Å²) in [5.74, 6) is -0.917.